The van der Waals surface area contributed by atoms with Gasteiger partial charge in [0.25, 0.3) is 0 Å². The third-order valence-electron chi connectivity index (χ3n) is 4.18. The number of aromatic nitrogens is 1. The first-order valence-electron chi connectivity index (χ1n) is 9.84. The molecule has 1 aromatic heterocycles. The number of anilines is 1. The molecule has 0 aromatic carbocycles. The van der Waals surface area contributed by atoms with Crippen LogP contribution in [0.1, 0.15) is 39.8 Å². The van der Waals surface area contributed by atoms with E-state index in [1.54, 1.807) is 0 Å². The van der Waals surface area contributed by atoms with E-state index in [1.165, 1.54) is 0 Å². The van der Waals surface area contributed by atoms with Gasteiger partial charge in [0.05, 0.1) is 18.3 Å². The van der Waals surface area contributed by atoms with Gasteiger partial charge in [0.1, 0.15) is 11.4 Å². The van der Waals surface area contributed by atoms with Crippen molar-refractivity contribution >= 4 is 17.9 Å². The molecule has 1 atom stereocenters. The molecule has 156 valence electrons. The van der Waals surface area contributed by atoms with Crippen LogP contribution in [-0.2, 0) is 11.3 Å². The summed E-state index contributed by atoms with van der Waals surface area (Å²) in [6.07, 6.45) is 0.490. The number of amides is 1. The molecular weight excluding hydrogens is 356 g/mol. The molecular formula is C20H34N6O2. The highest BCUT2D eigenvalue weighted by atomic mass is 16.6. The maximum absolute atomic E-state index is 12.0. The van der Waals surface area contributed by atoms with Gasteiger partial charge in [-0.25, -0.2) is 14.8 Å². The molecule has 2 rings (SSSR count). The molecule has 28 heavy (non-hydrogen) atoms. The molecule has 1 amide bonds. The zero-order valence-electron chi connectivity index (χ0n) is 18.0. The van der Waals surface area contributed by atoms with Crippen LogP contribution in [0.25, 0.3) is 0 Å². The average molecular weight is 391 g/mol. The summed E-state index contributed by atoms with van der Waals surface area (Å²) in [6.45, 7) is 10.5. The third kappa shape index (κ3) is 6.90. The summed E-state index contributed by atoms with van der Waals surface area (Å²) in [5.74, 6) is 1.76. The number of nitrogens with zero attached hydrogens (tertiary/aromatic N) is 4. The van der Waals surface area contributed by atoms with E-state index in [0.29, 0.717) is 13.1 Å². The fraction of sp³-hybridized carbons (Fsp3) is 0.650. The summed E-state index contributed by atoms with van der Waals surface area (Å²) < 4.78 is 5.35. The summed E-state index contributed by atoms with van der Waals surface area (Å²) >= 11 is 0. The second kappa shape index (κ2) is 9.61. The van der Waals surface area contributed by atoms with E-state index in [-0.39, 0.29) is 12.1 Å². The molecule has 1 aliphatic rings. The van der Waals surface area contributed by atoms with Crippen LogP contribution in [0.3, 0.4) is 0 Å². The highest BCUT2D eigenvalue weighted by Gasteiger charge is 2.27. The van der Waals surface area contributed by atoms with Crippen LogP contribution >= 0.6 is 0 Å². The maximum atomic E-state index is 12.0. The highest BCUT2D eigenvalue weighted by molar-refractivity contribution is 5.80. The largest absolute Gasteiger partial charge is 0.444 e. The van der Waals surface area contributed by atoms with E-state index in [1.807, 2.05) is 64.9 Å². The standard InChI is InChI=1S/C20H34N6O2/c1-7-21-18(22-13-15-9-8-10-17(23-15)25(5)6)26-12-11-16(14-26)24-19(27)28-20(2,3)4/h8-10,16H,7,11-14H2,1-6H3,(H,21,22)(H,24,27). The first kappa shape index (κ1) is 21.8. The molecule has 0 spiro atoms. The fourth-order valence-electron chi connectivity index (χ4n) is 2.93. The number of hydrogen-bond donors (Lipinski definition) is 2. The summed E-state index contributed by atoms with van der Waals surface area (Å²) in [4.78, 5) is 25.5. The van der Waals surface area contributed by atoms with Gasteiger partial charge in [-0.15, -0.1) is 0 Å². The lowest BCUT2D eigenvalue weighted by Gasteiger charge is -2.23. The lowest BCUT2D eigenvalue weighted by molar-refractivity contribution is 0.0507. The van der Waals surface area contributed by atoms with Crippen LogP contribution in [0.4, 0.5) is 10.6 Å². The molecule has 2 heterocycles. The van der Waals surface area contributed by atoms with E-state index in [9.17, 15) is 4.79 Å². The molecule has 0 bridgehead atoms. The van der Waals surface area contributed by atoms with Gasteiger partial charge in [0.15, 0.2) is 5.96 Å². The van der Waals surface area contributed by atoms with Gasteiger partial charge in [-0.2, -0.15) is 0 Å². The number of rotatable bonds is 5. The zero-order valence-corrected chi connectivity index (χ0v) is 18.0. The van der Waals surface area contributed by atoms with Crippen LogP contribution in [0.5, 0.6) is 0 Å². The summed E-state index contributed by atoms with van der Waals surface area (Å²) in [6, 6.07) is 6.01. The number of carbonyl (C=O) groups excluding carboxylic acids is 1. The van der Waals surface area contributed by atoms with E-state index in [0.717, 1.165) is 37.0 Å². The summed E-state index contributed by atoms with van der Waals surface area (Å²) in [5, 5.41) is 6.29. The van der Waals surface area contributed by atoms with Crippen molar-refractivity contribution in [2.45, 2.75) is 52.3 Å². The molecule has 2 N–H and O–H groups in total. The highest BCUT2D eigenvalue weighted by Crippen LogP contribution is 2.13. The van der Waals surface area contributed by atoms with Crippen molar-refractivity contribution in [3.63, 3.8) is 0 Å². The smallest absolute Gasteiger partial charge is 0.407 e. The Morgan fingerprint density at radius 3 is 2.79 bits per heavy atom. The maximum Gasteiger partial charge on any atom is 0.407 e. The van der Waals surface area contributed by atoms with E-state index < -0.39 is 5.60 Å². The minimum Gasteiger partial charge on any atom is -0.444 e. The minimum atomic E-state index is -0.493. The number of pyridine rings is 1. The number of nitrogens with one attached hydrogen (secondary N) is 2. The topological polar surface area (TPSA) is 82.1 Å². The van der Waals surface area contributed by atoms with Crippen molar-refractivity contribution in [2.24, 2.45) is 4.99 Å². The molecule has 8 nitrogen and oxygen atoms in total. The third-order valence-corrected chi connectivity index (χ3v) is 4.18. The summed E-state index contributed by atoms with van der Waals surface area (Å²) in [7, 11) is 3.95. The molecule has 1 aliphatic heterocycles. The van der Waals surface area contributed by atoms with Crippen LogP contribution < -0.4 is 15.5 Å². The van der Waals surface area contributed by atoms with Crippen LogP contribution in [0.15, 0.2) is 23.2 Å². The van der Waals surface area contributed by atoms with Gasteiger partial charge in [0.2, 0.25) is 0 Å². The van der Waals surface area contributed by atoms with Crippen molar-refractivity contribution in [1.29, 1.82) is 0 Å². The van der Waals surface area contributed by atoms with E-state index >= 15 is 0 Å². The monoisotopic (exact) mass is 390 g/mol. The van der Waals surface area contributed by atoms with Gasteiger partial charge in [-0.1, -0.05) is 6.07 Å². The van der Waals surface area contributed by atoms with Gasteiger partial charge >= 0.3 is 6.09 Å². The molecule has 1 aromatic rings. The molecule has 0 saturated carbocycles. The SMILES string of the molecule is CCNC(=NCc1cccc(N(C)C)n1)N1CCC(NC(=O)OC(C)(C)C)C1. The van der Waals surface area contributed by atoms with Gasteiger partial charge in [0, 0.05) is 33.7 Å². The number of guanidine groups is 1. The minimum absolute atomic E-state index is 0.0499. The molecule has 0 radical (unpaired) electrons. The Morgan fingerprint density at radius 1 is 1.39 bits per heavy atom. The van der Waals surface area contributed by atoms with Crippen molar-refractivity contribution < 1.29 is 9.53 Å². The van der Waals surface area contributed by atoms with Crippen molar-refractivity contribution in [3.8, 4) is 0 Å². The lowest BCUT2D eigenvalue weighted by Crippen LogP contribution is -2.44. The first-order chi connectivity index (χ1) is 13.2. The number of alkyl carbamates (subject to hydrolysis) is 1. The van der Waals surface area contributed by atoms with Crippen molar-refractivity contribution in [3.05, 3.63) is 23.9 Å². The number of ether oxygens (including phenoxy) is 1. The molecule has 1 fully saturated rings. The van der Waals surface area contributed by atoms with Gasteiger partial charge in [-0.05, 0) is 46.2 Å². The van der Waals surface area contributed by atoms with Gasteiger partial charge < -0.3 is 25.2 Å². The number of carbonyl (C=O) groups is 1. The van der Waals surface area contributed by atoms with Crippen LogP contribution in [0, 0.1) is 0 Å². The number of likely N-dealkylation sites (tertiary alicyclic amines) is 1. The number of aliphatic imine (C=N–C) groups is 1. The van der Waals surface area contributed by atoms with E-state index in [4.69, 9.17) is 9.73 Å². The Bertz CT molecular complexity index is 684. The average Bonchev–Trinajstić information content (AvgIpc) is 3.05. The Kier molecular flexibility index (Phi) is 7.48. The predicted molar refractivity (Wildman–Crippen MR) is 113 cm³/mol. The summed E-state index contributed by atoms with van der Waals surface area (Å²) in [5.41, 5.74) is 0.427. The number of hydrogen-bond acceptors (Lipinski definition) is 5. The Morgan fingerprint density at radius 2 is 2.14 bits per heavy atom. The predicted octanol–water partition coefficient (Wildman–Crippen LogP) is 2.21. The Hall–Kier alpha value is -2.51. The Balaban J connectivity index is 1.97. The molecule has 8 heteroatoms. The van der Waals surface area contributed by atoms with Crippen molar-refractivity contribution in [2.75, 3.05) is 38.6 Å². The van der Waals surface area contributed by atoms with Crippen molar-refractivity contribution in [1.82, 2.24) is 20.5 Å². The van der Waals surface area contributed by atoms with E-state index in [2.05, 4.69) is 20.5 Å². The zero-order chi connectivity index (χ0) is 20.7. The van der Waals surface area contributed by atoms with Crippen LogP contribution in [0.2, 0.25) is 0 Å². The second-order valence-corrected chi connectivity index (χ2v) is 8.13. The normalized spacial score (nSPS) is 17.4. The van der Waals surface area contributed by atoms with Gasteiger partial charge in [-0.3, -0.25) is 0 Å². The van der Waals surface area contributed by atoms with Crippen LogP contribution in [-0.4, -0.2) is 67.3 Å². The second-order valence-electron chi connectivity index (χ2n) is 8.13. The first-order valence-corrected chi connectivity index (χ1v) is 9.84. The fourth-order valence-corrected chi connectivity index (χ4v) is 2.93. The molecule has 0 aliphatic carbocycles. The molecule has 1 saturated heterocycles. The Labute approximate surface area is 168 Å². The quantitative estimate of drug-likeness (QED) is 0.593. The molecule has 1 unspecified atom stereocenters. The lowest BCUT2D eigenvalue weighted by atomic mass is 10.2.